The second-order valence-corrected chi connectivity index (χ2v) is 7.42. The first-order valence-corrected chi connectivity index (χ1v) is 8.91. The molecular weight excluding hydrogens is 355 g/mol. The zero-order valence-corrected chi connectivity index (χ0v) is 14.7. The molecule has 2 aromatic carbocycles. The van der Waals surface area contributed by atoms with E-state index in [4.69, 9.17) is 4.74 Å². The molecule has 0 fully saturated rings. The molecule has 0 unspecified atom stereocenters. The van der Waals surface area contributed by atoms with Gasteiger partial charge in [0, 0.05) is 5.69 Å². The minimum Gasteiger partial charge on any atom is -0.496 e. The molecule has 8 heteroatoms. The monoisotopic (exact) mass is 373 g/mol. The molecule has 1 N–H and O–H groups in total. The van der Waals surface area contributed by atoms with Crippen LogP contribution >= 0.6 is 0 Å². The molecule has 0 aliphatic heterocycles. The zero-order valence-electron chi connectivity index (χ0n) is 13.9. The van der Waals surface area contributed by atoms with E-state index in [1.165, 1.54) is 19.2 Å². The Hall–Kier alpha value is -2.22. The third-order valence-electron chi connectivity index (χ3n) is 3.60. The van der Waals surface area contributed by atoms with Gasteiger partial charge < -0.3 is 4.74 Å². The summed E-state index contributed by atoms with van der Waals surface area (Å²) in [6, 6.07) is 8.24. The number of nitrogens with one attached hydrogen (secondary N) is 1. The molecule has 25 heavy (non-hydrogen) atoms. The topological polar surface area (TPSA) is 55.4 Å². The number of alkyl halides is 3. The van der Waals surface area contributed by atoms with Crippen molar-refractivity contribution in [2.75, 3.05) is 11.8 Å². The highest BCUT2D eigenvalue weighted by molar-refractivity contribution is 7.92. The van der Waals surface area contributed by atoms with E-state index in [0.717, 1.165) is 29.8 Å². The number of anilines is 1. The number of halogens is 3. The quantitative estimate of drug-likeness (QED) is 0.831. The van der Waals surface area contributed by atoms with Crippen molar-refractivity contribution in [3.8, 4) is 5.75 Å². The third-order valence-corrected chi connectivity index (χ3v) is 4.98. The Labute approximate surface area is 144 Å². The Balaban J connectivity index is 2.32. The Morgan fingerprint density at radius 2 is 1.64 bits per heavy atom. The van der Waals surface area contributed by atoms with Gasteiger partial charge in [-0.1, -0.05) is 13.8 Å². The van der Waals surface area contributed by atoms with Crippen LogP contribution < -0.4 is 9.46 Å². The number of ether oxygens (including phenoxy) is 1. The number of hydrogen-bond acceptors (Lipinski definition) is 3. The molecule has 4 nitrogen and oxygen atoms in total. The smallest absolute Gasteiger partial charge is 0.416 e. The lowest BCUT2D eigenvalue weighted by Crippen LogP contribution is -2.14. The zero-order chi connectivity index (χ0) is 18.8. The number of rotatable bonds is 5. The van der Waals surface area contributed by atoms with Crippen LogP contribution in [0.1, 0.15) is 30.9 Å². The summed E-state index contributed by atoms with van der Waals surface area (Å²) in [7, 11) is -2.43. The van der Waals surface area contributed by atoms with Crippen molar-refractivity contribution in [3.63, 3.8) is 0 Å². The number of hydrogen-bond donors (Lipinski definition) is 1. The minimum absolute atomic E-state index is 0.0110. The van der Waals surface area contributed by atoms with Crippen LogP contribution in [-0.2, 0) is 16.2 Å². The van der Waals surface area contributed by atoms with Crippen LogP contribution in [0.4, 0.5) is 18.9 Å². The van der Waals surface area contributed by atoms with Crippen molar-refractivity contribution in [1.82, 2.24) is 0 Å². The van der Waals surface area contributed by atoms with Crippen molar-refractivity contribution in [1.29, 1.82) is 0 Å². The molecule has 2 aromatic rings. The molecule has 0 aliphatic carbocycles. The Bertz CT molecular complexity index is 844. The summed E-state index contributed by atoms with van der Waals surface area (Å²) in [6.45, 7) is 3.80. The van der Waals surface area contributed by atoms with Crippen LogP contribution in [0.25, 0.3) is 0 Å². The van der Waals surface area contributed by atoms with Gasteiger partial charge in [-0.2, -0.15) is 13.2 Å². The van der Waals surface area contributed by atoms with Crippen molar-refractivity contribution in [3.05, 3.63) is 53.6 Å². The van der Waals surface area contributed by atoms with E-state index < -0.39 is 21.8 Å². The van der Waals surface area contributed by atoms with Crippen LogP contribution in [0.15, 0.2) is 47.4 Å². The molecule has 0 spiro atoms. The van der Waals surface area contributed by atoms with Crippen LogP contribution in [-0.4, -0.2) is 15.5 Å². The highest BCUT2D eigenvalue weighted by Crippen LogP contribution is 2.31. The summed E-state index contributed by atoms with van der Waals surface area (Å²) in [5.74, 6) is 0.611. The fourth-order valence-electron chi connectivity index (χ4n) is 2.27. The molecule has 0 heterocycles. The van der Waals surface area contributed by atoms with E-state index in [-0.39, 0.29) is 16.5 Å². The van der Waals surface area contributed by atoms with Crippen LogP contribution in [0, 0.1) is 0 Å². The molecule has 0 amide bonds. The van der Waals surface area contributed by atoms with Gasteiger partial charge >= 0.3 is 6.18 Å². The second kappa shape index (κ2) is 6.95. The van der Waals surface area contributed by atoms with Gasteiger partial charge in [0.25, 0.3) is 10.0 Å². The molecule has 0 bridgehead atoms. The molecule has 0 aromatic heterocycles. The van der Waals surface area contributed by atoms with Crippen molar-refractivity contribution in [2.45, 2.75) is 30.8 Å². The lowest BCUT2D eigenvalue weighted by molar-refractivity contribution is -0.137. The summed E-state index contributed by atoms with van der Waals surface area (Å²) in [5, 5.41) is 0. The van der Waals surface area contributed by atoms with Gasteiger partial charge in [0.1, 0.15) is 5.75 Å². The summed E-state index contributed by atoms with van der Waals surface area (Å²) >= 11 is 0. The van der Waals surface area contributed by atoms with E-state index in [1.54, 1.807) is 6.07 Å². The van der Waals surface area contributed by atoms with Gasteiger partial charge in [-0.25, -0.2) is 8.42 Å². The van der Waals surface area contributed by atoms with E-state index >= 15 is 0 Å². The maximum Gasteiger partial charge on any atom is 0.416 e. The van der Waals surface area contributed by atoms with Crippen LogP contribution in [0.5, 0.6) is 5.75 Å². The Morgan fingerprint density at radius 3 is 2.12 bits per heavy atom. The lowest BCUT2D eigenvalue weighted by Gasteiger charge is -2.15. The first kappa shape index (κ1) is 19.1. The second-order valence-electron chi connectivity index (χ2n) is 5.74. The fourth-order valence-corrected chi connectivity index (χ4v) is 3.37. The minimum atomic E-state index is -4.47. The number of methoxy groups -OCH3 is 1. The number of benzene rings is 2. The average Bonchev–Trinajstić information content (AvgIpc) is 2.53. The van der Waals surface area contributed by atoms with Crippen LogP contribution in [0.3, 0.4) is 0 Å². The van der Waals surface area contributed by atoms with Gasteiger partial charge in [0.05, 0.1) is 17.6 Å². The predicted octanol–water partition coefficient (Wildman–Crippen LogP) is 4.64. The van der Waals surface area contributed by atoms with E-state index in [9.17, 15) is 21.6 Å². The molecule has 0 saturated heterocycles. The van der Waals surface area contributed by atoms with Crippen LogP contribution in [0.2, 0.25) is 0 Å². The molecule has 0 radical (unpaired) electrons. The van der Waals surface area contributed by atoms with Gasteiger partial charge in [-0.3, -0.25) is 4.72 Å². The standard InChI is InChI=1S/C17H18F3NO3S/c1-11(2)15-10-14(8-9-16(15)24-3)25(22,23)21-13-6-4-12(5-7-13)17(18,19)20/h4-11,21H,1-3H3. The first-order valence-electron chi connectivity index (χ1n) is 7.42. The van der Waals surface area contributed by atoms with Crippen molar-refractivity contribution < 1.29 is 26.3 Å². The maximum atomic E-state index is 12.6. The predicted molar refractivity (Wildman–Crippen MR) is 89.3 cm³/mol. The SMILES string of the molecule is COc1ccc(S(=O)(=O)Nc2ccc(C(F)(F)F)cc2)cc1C(C)C. The fraction of sp³-hybridized carbons (Fsp3) is 0.294. The van der Waals surface area contributed by atoms with Crippen molar-refractivity contribution in [2.24, 2.45) is 0 Å². The Morgan fingerprint density at radius 1 is 1.04 bits per heavy atom. The summed E-state index contributed by atoms with van der Waals surface area (Å²) in [5.41, 5.74) is -0.0744. The summed E-state index contributed by atoms with van der Waals surface area (Å²) < 4.78 is 70.2. The lowest BCUT2D eigenvalue weighted by atomic mass is 10.0. The van der Waals surface area contributed by atoms with Gasteiger partial charge in [0.15, 0.2) is 0 Å². The molecule has 0 saturated carbocycles. The molecule has 136 valence electrons. The number of sulfonamides is 1. The molecular formula is C17H18F3NO3S. The molecule has 2 rings (SSSR count). The Kier molecular flexibility index (Phi) is 5.31. The van der Waals surface area contributed by atoms with E-state index in [1.807, 2.05) is 13.8 Å². The average molecular weight is 373 g/mol. The van der Waals surface area contributed by atoms with Gasteiger partial charge in [-0.05, 0) is 53.9 Å². The summed E-state index contributed by atoms with van der Waals surface area (Å²) in [6.07, 6.45) is -4.47. The largest absolute Gasteiger partial charge is 0.496 e. The van der Waals surface area contributed by atoms with E-state index in [0.29, 0.717) is 5.75 Å². The summed E-state index contributed by atoms with van der Waals surface area (Å²) in [4.78, 5) is 0.0110. The van der Waals surface area contributed by atoms with E-state index in [2.05, 4.69) is 4.72 Å². The maximum absolute atomic E-state index is 12.6. The van der Waals surface area contributed by atoms with Gasteiger partial charge in [0.2, 0.25) is 0 Å². The molecule has 0 atom stereocenters. The van der Waals surface area contributed by atoms with Crippen molar-refractivity contribution >= 4 is 15.7 Å². The normalized spacial score (nSPS) is 12.3. The van der Waals surface area contributed by atoms with Gasteiger partial charge in [-0.15, -0.1) is 0 Å². The first-order chi connectivity index (χ1) is 11.5. The molecule has 0 aliphatic rings. The third kappa shape index (κ3) is 4.45. The highest BCUT2D eigenvalue weighted by Gasteiger charge is 2.30. The highest BCUT2D eigenvalue weighted by atomic mass is 32.2.